The van der Waals surface area contributed by atoms with Crippen LogP contribution in [-0.2, 0) is 11.3 Å². The lowest BCUT2D eigenvalue weighted by Gasteiger charge is -2.16. The predicted molar refractivity (Wildman–Crippen MR) is 73.6 cm³/mol. The van der Waals surface area contributed by atoms with Crippen molar-refractivity contribution in [1.82, 2.24) is 5.32 Å². The topological polar surface area (TPSA) is 49.3 Å². The predicted octanol–water partition coefficient (Wildman–Crippen LogP) is 2.89. The van der Waals surface area contributed by atoms with Crippen LogP contribution < -0.4 is 5.32 Å². The molecule has 3 nitrogen and oxygen atoms in total. The van der Waals surface area contributed by atoms with E-state index in [4.69, 9.17) is 5.11 Å². The number of carboxylic acid groups (broad SMARTS) is 1. The molecule has 100 valence electrons. The van der Waals surface area contributed by atoms with Crippen LogP contribution in [-0.4, -0.2) is 17.1 Å². The zero-order valence-corrected chi connectivity index (χ0v) is 11.7. The Balaban J connectivity index is 2.61. The number of hydrogen-bond donors (Lipinski definition) is 2. The summed E-state index contributed by atoms with van der Waals surface area (Å²) < 4.78 is 0. The molecule has 0 aliphatic heterocycles. The molecule has 0 fully saturated rings. The fraction of sp³-hybridized carbons (Fsp3) is 0.533. The van der Waals surface area contributed by atoms with E-state index in [1.165, 1.54) is 11.1 Å². The van der Waals surface area contributed by atoms with Crippen LogP contribution in [0.1, 0.15) is 37.0 Å². The van der Waals surface area contributed by atoms with Gasteiger partial charge in [0.1, 0.15) is 6.04 Å². The minimum absolute atomic E-state index is 0.373. The highest BCUT2D eigenvalue weighted by atomic mass is 16.4. The zero-order chi connectivity index (χ0) is 13.7. The third kappa shape index (κ3) is 4.49. The van der Waals surface area contributed by atoms with Crippen molar-refractivity contribution in [3.63, 3.8) is 0 Å². The summed E-state index contributed by atoms with van der Waals surface area (Å²) in [6.45, 7) is 8.82. The second-order valence-corrected chi connectivity index (χ2v) is 5.32. The first-order valence-electron chi connectivity index (χ1n) is 6.42. The number of rotatable bonds is 6. The first kappa shape index (κ1) is 14.7. The highest BCUT2D eigenvalue weighted by Gasteiger charge is 2.17. The van der Waals surface area contributed by atoms with Gasteiger partial charge in [-0.25, -0.2) is 0 Å². The molecular formula is C15H23NO2. The van der Waals surface area contributed by atoms with Crippen molar-refractivity contribution in [2.24, 2.45) is 5.92 Å². The van der Waals surface area contributed by atoms with Gasteiger partial charge in [-0.2, -0.15) is 0 Å². The summed E-state index contributed by atoms with van der Waals surface area (Å²) in [6, 6.07) is 5.76. The summed E-state index contributed by atoms with van der Waals surface area (Å²) in [4.78, 5) is 11.1. The first-order chi connectivity index (χ1) is 8.40. The maximum absolute atomic E-state index is 11.1. The Hall–Kier alpha value is -1.35. The number of carboxylic acids is 1. The Morgan fingerprint density at radius 1 is 1.28 bits per heavy atom. The van der Waals surface area contributed by atoms with Gasteiger partial charge in [0.25, 0.3) is 0 Å². The van der Waals surface area contributed by atoms with Gasteiger partial charge in [0.2, 0.25) is 0 Å². The highest BCUT2D eigenvalue weighted by molar-refractivity contribution is 5.73. The van der Waals surface area contributed by atoms with Gasteiger partial charge in [-0.15, -0.1) is 0 Å². The van der Waals surface area contributed by atoms with E-state index in [0.29, 0.717) is 18.9 Å². The van der Waals surface area contributed by atoms with Crippen molar-refractivity contribution in [3.8, 4) is 0 Å². The summed E-state index contributed by atoms with van der Waals surface area (Å²) in [5.41, 5.74) is 3.63. The van der Waals surface area contributed by atoms with Crippen LogP contribution in [0, 0.1) is 19.8 Å². The van der Waals surface area contributed by atoms with E-state index >= 15 is 0 Å². The molecule has 0 aliphatic carbocycles. The molecule has 1 aromatic carbocycles. The largest absolute Gasteiger partial charge is 0.480 e. The second kappa shape index (κ2) is 6.55. The van der Waals surface area contributed by atoms with Crippen LogP contribution in [0.4, 0.5) is 0 Å². The van der Waals surface area contributed by atoms with Crippen molar-refractivity contribution in [3.05, 3.63) is 34.9 Å². The van der Waals surface area contributed by atoms with Crippen LogP contribution in [0.2, 0.25) is 0 Å². The van der Waals surface area contributed by atoms with Crippen LogP contribution in [0.15, 0.2) is 18.2 Å². The third-order valence-corrected chi connectivity index (χ3v) is 3.13. The lowest BCUT2D eigenvalue weighted by Crippen LogP contribution is -2.37. The molecule has 3 heteroatoms. The van der Waals surface area contributed by atoms with Gasteiger partial charge in [0.15, 0.2) is 0 Å². The first-order valence-corrected chi connectivity index (χ1v) is 6.42. The molecule has 0 aliphatic rings. The molecule has 0 saturated carbocycles. The molecule has 0 saturated heterocycles. The van der Waals surface area contributed by atoms with Crippen molar-refractivity contribution in [1.29, 1.82) is 0 Å². The summed E-state index contributed by atoms with van der Waals surface area (Å²) in [5, 5.41) is 12.3. The van der Waals surface area contributed by atoms with Gasteiger partial charge in [-0.3, -0.25) is 4.79 Å². The molecule has 1 atom stereocenters. The average Bonchev–Trinajstić information content (AvgIpc) is 2.28. The quantitative estimate of drug-likeness (QED) is 0.815. The van der Waals surface area contributed by atoms with E-state index < -0.39 is 12.0 Å². The monoisotopic (exact) mass is 249 g/mol. The standard InChI is InChI=1S/C15H23NO2/c1-10(2)7-14(15(17)18)16-9-13-6-5-11(3)12(4)8-13/h5-6,8,10,14,16H,7,9H2,1-4H3,(H,17,18). The number of nitrogens with one attached hydrogen (secondary N) is 1. The van der Waals surface area contributed by atoms with E-state index in [9.17, 15) is 4.79 Å². The van der Waals surface area contributed by atoms with Crippen LogP contribution in [0.5, 0.6) is 0 Å². The van der Waals surface area contributed by atoms with Crippen molar-refractivity contribution in [2.75, 3.05) is 0 Å². The number of benzene rings is 1. The van der Waals surface area contributed by atoms with E-state index in [0.717, 1.165) is 5.56 Å². The molecule has 0 heterocycles. The molecule has 0 radical (unpaired) electrons. The summed E-state index contributed by atoms with van der Waals surface area (Å²) in [6.07, 6.45) is 0.653. The Morgan fingerprint density at radius 3 is 2.44 bits per heavy atom. The molecular weight excluding hydrogens is 226 g/mol. The molecule has 0 aromatic heterocycles. The molecule has 0 spiro atoms. The summed E-state index contributed by atoms with van der Waals surface area (Å²) >= 11 is 0. The second-order valence-electron chi connectivity index (χ2n) is 5.32. The fourth-order valence-corrected chi connectivity index (χ4v) is 1.90. The van der Waals surface area contributed by atoms with Crippen molar-refractivity contribution >= 4 is 5.97 Å². The van der Waals surface area contributed by atoms with E-state index in [2.05, 4.69) is 31.3 Å². The van der Waals surface area contributed by atoms with Gasteiger partial charge < -0.3 is 10.4 Å². The maximum Gasteiger partial charge on any atom is 0.320 e. The summed E-state index contributed by atoms with van der Waals surface area (Å²) in [5.74, 6) is -0.397. The van der Waals surface area contributed by atoms with Gasteiger partial charge in [-0.05, 0) is 42.9 Å². The highest BCUT2D eigenvalue weighted by Crippen LogP contribution is 2.11. The minimum atomic E-state index is -0.771. The zero-order valence-electron chi connectivity index (χ0n) is 11.7. The Kier molecular flexibility index (Phi) is 5.35. The Bertz CT molecular complexity index is 413. The molecule has 0 amide bonds. The van der Waals surface area contributed by atoms with Gasteiger partial charge in [0.05, 0.1) is 0 Å². The summed E-state index contributed by atoms with van der Waals surface area (Å²) in [7, 11) is 0. The van der Waals surface area contributed by atoms with E-state index in [-0.39, 0.29) is 0 Å². The number of carbonyl (C=O) groups is 1. The molecule has 1 aromatic rings. The van der Waals surface area contributed by atoms with Crippen LogP contribution in [0.3, 0.4) is 0 Å². The minimum Gasteiger partial charge on any atom is -0.480 e. The average molecular weight is 249 g/mol. The normalized spacial score (nSPS) is 12.7. The lowest BCUT2D eigenvalue weighted by atomic mass is 10.0. The van der Waals surface area contributed by atoms with Crippen LogP contribution in [0.25, 0.3) is 0 Å². The van der Waals surface area contributed by atoms with Crippen molar-refractivity contribution in [2.45, 2.75) is 46.7 Å². The molecule has 1 unspecified atom stereocenters. The molecule has 1 rings (SSSR count). The SMILES string of the molecule is Cc1ccc(CNC(CC(C)C)C(=O)O)cc1C. The smallest absolute Gasteiger partial charge is 0.320 e. The Labute approximate surface area is 109 Å². The third-order valence-electron chi connectivity index (χ3n) is 3.13. The van der Waals surface area contributed by atoms with Crippen LogP contribution >= 0.6 is 0 Å². The number of aliphatic carboxylic acids is 1. The maximum atomic E-state index is 11.1. The molecule has 2 N–H and O–H groups in total. The van der Waals surface area contributed by atoms with Gasteiger partial charge in [0, 0.05) is 6.54 Å². The number of aryl methyl sites for hydroxylation is 2. The molecule has 0 bridgehead atoms. The van der Waals surface area contributed by atoms with E-state index in [1.54, 1.807) is 0 Å². The Morgan fingerprint density at radius 2 is 1.94 bits per heavy atom. The fourth-order valence-electron chi connectivity index (χ4n) is 1.90. The van der Waals surface area contributed by atoms with E-state index in [1.807, 2.05) is 19.9 Å². The van der Waals surface area contributed by atoms with Crippen molar-refractivity contribution < 1.29 is 9.90 Å². The van der Waals surface area contributed by atoms with Gasteiger partial charge >= 0.3 is 5.97 Å². The molecule has 18 heavy (non-hydrogen) atoms. The number of hydrogen-bond acceptors (Lipinski definition) is 2. The lowest BCUT2D eigenvalue weighted by molar-refractivity contribution is -0.140. The van der Waals surface area contributed by atoms with Gasteiger partial charge in [-0.1, -0.05) is 32.0 Å².